The quantitative estimate of drug-likeness (QED) is 0.790. The lowest BCUT2D eigenvalue weighted by molar-refractivity contribution is -0.120. The second-order valence-corrected chi connectivity index (χ2v) is 5.92. The van der Waals surface area contributed by atoms with Gasteiger partial charge in [0, 0.05) is 18.4 Å². The van der Waals surface area contributed by atoms with Gasteiger partial charge in [0.2, 0.25) is 0 Å². The van der Waals surface area contributed by atoms with Gasteiger partial charge in [-0.25, -0.2) is 0 Å². The molecule has 0 saturated heterocycles. The zero-order valence-electron chi connectivity index (χ0n) is 11.5. The van der Waals surface area contributed by atoms with E-state index in [2.05, 4.69) is 37.3 Å². The summed E-state index contributed by atoms with van der Waals surface area (Å²) in [6.07, 6.45) is 1.10. The highest BCUT2D eigenvalue weighted by molar-refractivity contribution is 5.87. The molecule has 1 atom stereocenters. The first-order chi connectivity index (χ1) is 9.69. The Morgan fingerprint density at radius 1 is 1.10 bits per heavy atom. The molecule has 0 N–H and O–H groups in total. The Bertz CT molecular complexity index is 700. The minimum atomic E-state index is -0.269. The number of ketones is 1. The van der Waals surface area contributed by atoms with E-state index in [1.807, 2.05) is 12.1 Å². The van der Waals surface area contributed by atoms with Crippen molar-refractivity contribution in [1.82, 2.24) is 0 Å². The van der Waals surface area contributed by atoms with Gasteiger partial charge in [-0.1, -0.05) is 42.0 Å². The van der Waals surface area contributed by atoms with Crippen molar-refractivity contribution in [3.63, 3.8) is 0 Å². The molecule has 20 heavy (non-hydrogen) atoms. The molecule has 2 aromatic carbocycles. The molecule has 4 rings (SSSR count). The second-order valence-electron chi connectivity index (χ2n) is 5.92. The molecule has 1 aliphatic carbocycles. The van der Waals surface area contributed by atoms with Gasteiger partial charge in [0.1, 0.15) is 18.1 Å². The number of carbonyl (C=O) groups is 1. The number of aryl methyl sites for hydroxylation is 1. The minimum Gasteiger partial charge on any atom is -0.492 e. The lowest BCUT2D eigenvalue weighted by Crippen LogP contribution is -2.37. The number of benzene rings is 2. The summed E-state index contributed by atoms with van der Waals surface area (Å²) in [5.41, 5.74) is 4.54. The van der Waals surface area contributed by atoms with E-state index < -0.39 is 0 Å². The highest BCUT2D eigenvalue weighted by Gasteiger charge is 2.47. The van der Waals surface area contributed by atoms with Crippen molar-refractivity contribution in [3.8, 4) is 5.75 Å². The monoisotopic (exact) mass is 264 g/mol. The average molecular weight is 264 g/mol. The van der Waals surface area contributed by atoms with Gasteiger partial charge in [0.15, 0.2) is 0 Å². The van der Waals surface area contributed by atoms with Gasteiger partial charge in [-0.3, -0.25) is 4.79 Å². The van der Waals surface area contributed by atoms with Crippen molar-refractivity contribution < 1.29 is 9.53 Å². The molecule has 0 bridgehead atoms. The van der Waals surface area contributed by atoms with Gasteiger partial charge < -0.3 is 4.74 Å². The van der Waals surface area contributed by atoms with Crippen LogP contribution in [0.5, 0.6) is 5.75 Å². The van der Waals surface area contributed by atoms with Crippen LogP contribution in [-0.4, -0.2) is 12.4 Å². The molecule has 0 saturated carbocycles. The van der Waals surface area contributed by atoms with Crippen LogP contribution in [0, 0.1) is 6.92 Å². The van der Waals surface area contributed by atoms with Crippen molar-refractivity contribution >= 4 is 5.78 Å². The van der Waals surface area contributed by atoms with Crippen molar-refractivity contribution in [2.24, 2.45) is 0 Å². The molecule has 2 aromatic rings. The van der Waals surface area contributed by atoms with Gasteiger partial charge in [-0.2, -0.15) is 0 Å². The van der Waals surface area contributed by atoms with Gasteiger partial charge in [-0.05, 0) is 24.1 Å². The van der Waals surface area contributed by atoms with Crippen molar-refractivity contribution in [3.05, 3.63) is 64.7 Å². The highest BCUT2D eigenvalue weighted by Crippen LogP contribution is 2.50. The van der Waals surface area contributed by atoms with Crippen LogP contribution < -0.4 is 4.74 Å². The molecule has 2 aliphatic rings. The van der Waals surface area contributed by atoms with Crippen LogP contribution in [0.15, 0.2) is 42.5 Å². The van der Waals surface area contributed by atoms with Crippen LogP contribution in [0.3, 0.4) is 0 Å². The summed E-state index contributed by atoms with van der Waals surface area (Å²) in [4.78, 5) is 12.2. The number of ether oxygens (including phenoxy) is 1. The predicted molar refractivity (Wildman–Crippen MR) is 77.2 cm³/mol. The largest absolute Gasteiger partial charge is 0.492 e. The van der Waals surface area contributed by atoms with Crippen molar-refractivity contribution in [2.45, 2.75) is 25.2 Å². The van der Waals surface area contributed by atoms with Gasteiger partial charge >= 0.3 is 0 Å². The van der Waals surface area contributed by atoms with Gasteiger partial charge in [0.25, 0.3) is 0 Å². The molecule has 0 unspecified atom stereocenters. The first-order valence-electron chi connectivity index (χ1n) is 7.03. The summed E-state index contributed by atoms with van der Waals surface area (Å²) in [6, 6.07) is 14.6. The van der Waals surface area contributed by atoms with E-state index in [0.717, 1.165) is 11.3 Å². The van der Waals surface area contributed by atoms with Gasteiger partial charge in [0.05, 0.1) is 5.41 Å². The standard InChI is InChI=1S/C18H16O2/c1-12-5-7-14(8-6-12)18-10-15(19)9-13-3-2-4-16(17(13)18)20-11-18/h2-8H,9-11H2,1H3/t18-/m0/s1. The third-order valence-corrected chi connectivity index (χ3v) is 4.56. The van der Waals surface area contributed by atoms with E-state index in [1.54, 1.807) is 0 Å². The first-order valence-corrected chi connectivity index (χ1v) is 7.03. The van der Waals surface area contributed by atoms with Crippen LogP contribution in [0.1, 0.15) is 28.7 Å². The molecule has 0 fully saturated rings. The maximum atomic E-state index is 12.2. The maximum absolute atomic E-state index is 12.2. The van der Waals surface area contributed by atoms with Gasteiger partial charge in [-0.15, -0.1) is 0 Å². The number of hydrogen-bond acceptors (Lipinski definition) is 2. The summed E-state index contributed by atoms with van der Waals surface area (Å²) < 4.78 is 5.91. The van der Waals surface area contributed by atoms with E-state index in [9.17, 15) is 4.79 Å². The molecular weight excluding hydrogens is 248 g/mol. The summed E-state index contributed by atoms with van der Waals surface area (Å²) in [5, 5.41) is 0. The molecule has 0 aromatic heterocycles. The lowest BCUT2D eigenvalue weighted by Gasteiger charge is -2.33. The average Bonchev–Trinajstić information content (AvgIpc) is 2.81. The molecule has 100 valence electrons. The molecular formula is C18H16O2. The molecule has 1 aliphatic heterocycles. The number of hydrogen-bond donors (Lipinski definition) is 0. The maximum Gasteiger partial charge on any atom is 0.138 e. The number of rotatable bonds is 1. The van der Waals surface area contributed by atoms with E-state index in [1.165, 1.54) is 16.7 Å². The second kappa shape index (κ2) is 3.95. The predicted octanol–water partition coefficient (Wildman–Crippen LogP) is 3.19. The van der Waals surface area contributed by atoms with Crippen molar-refractivity contribution in [1.29, 1.82) is 0 Å². The summed E-state index contributed by atoms with van der Waals surface area (Å²) in [7, 11) is 0. The number of Topliss-reactive ketones (excluding diaryl/α,β-unsaturated/α-hetero) is 1. The summed E-state index contributed by atoms with van der Waals surface area (Å²) >= 11 is 0. The Morgan fingerprint density at radius 3 is 2.70 bits per heavy atom. The zero-order chi connectivity index (χ0) is 13.7. The lowest BCUT2D eigenvalue weighted by atomic mass is 9.67. The number of carbonyl (C=O) groups excluding carboxylic acids is 1. The third kappa shape index (κ3) is 1.48. The highest BCUT2D eigenvalue weighted by atomic mass is 16.5. The molecule has 2 heteroatoms. The van der Waals surface area contributed by atoms with Crippen LogP contribution in [0.4, 0.5) is 0 Å². The summed E-state index contributed by atoms with van der Waals surface area (Å²) in [5.74, 6) is 1.26. The Balaban J connectivity index is 1.97. The Labute approximate surface area is 118 Å². The zero-order valence-corrected chi connectivity index (χ0v) is 11.5. The smallest absolute Gasteiger partial charge is 0.138 e. The fraction of sp³-hybridized carbons (Fsp3) is 0.278. The Hall–Kier alpha value is -2.09. The summed E-state index contributed by atoms with van der Waals surface area (Å²) in [6.45, 7) is 2.66. The molecule has 2 nitrogen and oxygen atoms in total. The third-order valence-electron chi connectivity index (χ3n) is 4.56. The van der Waals surface area contributed by atoms with Crippen LogP contribution >= 0.6 is 0 Å². The van der Waals surface area contributed by atoms with Crippen LogP contribution in [-0.2, 0) is 16.6 Å². The van der Waals surface area contributed by atoms with Crippen LogP contribution in [0.25, 0.3) is 0 Å². The molecule has 0 radical (unpaired) electrons. The molecule has 0 amide bonds. The Morgan fingerprint density at radius 2 is 1.90 bits per heavy atom. The fourth-order valence-corrected chi connectivity index (χ4v) is 3.61. The molecule has 1 heterocycles. The molecule has 0 spiro atoms. The van der Waals surface area contributed by atoms with E-state index in [-0.39, 0.29) is 5.41 Å². The van der Waals surface area contributed by atoms with E-state index in [4.69, 9.17) is 4.74 Å². The van der Waals surface area contributed by atoms with Crippen LogP contribution in [0.2, 0.25) is 0 Å². The SMILES string of the molecule is Cc1ccc([C@]23COc4cccc(c42)CC(=O)C3)cc1. The normalized spacial score (nSPS) is 23.4. The fourth-order valence-electron chi connectivity index (χ4n) is 3.61. The van der Waals surface area contributed by atoms with Crippen molar-refractivity contribution in [2.75, 3.05) is 6.61 Å². The topological polar surface area (TPSA) is 26.3 Å². The van der Waals surface area contributed by atoms with E-state index in [0.29, 0.717) is 25.2 Å². The minimum absolute atomic E-state index is 0.269. The first kappa shape index (κ1) is 11.7. The van der Waals surface area contributed by atoms with E-state index >= 15 is 0 Å². The Kier molecular flexibility index (Phi) is 2.31.